The van der Waals surface area contributed by atoms with Crippen molar-refractivity contribution in [3.05, 3.63) is 108 Å². The summed E-state index contributed by atoms with van der Waals surface area (Å²) >= 11 is 0. The van der Waals surface area contributed by atoms with Gasteiger partial charge in [0.2, 0.25) is 17.7 Å². The lowest BCUT2D eigenvalue weighted by molar-refractivity contribution is 0.279. The zero-order valence-corrected chi connectivity index (χ0v) is 26.8. The zero-order valence-electron chi connectivity index (χ0n) is 26.8. The van der Waals surface area contributed by atoms with Crippen molar-refractivity contribution < 1.29 is 14.2 Å². The minimum absolute atomic E-state index is 0.193. The summed E-state index contributed by atoms with van der Waals surface area (Å²) in [6.45, 7) is 14.3. The van der Waals surface area contributed by atoms with Crippen LogP contribution in [0.2, 0.25) is 0 Å². The van der Waals surface area contributed by atoms with Gasteiger partial charge in [-0.2, -0.15) is 0 Å². The lowest BCUT2D eigenvalue weighted by atomic mass is 9.92. The molecule has 7 rings (SSSR count). The van der Waals surface area contributed by atoms with Crippen LogP contribution in [0.3, 0.4) is 0 Å². The quantitative estimate of drug-likeness (QED) is 0.224. The van der Waals surface area contributed by atoms with Gasteiger partial charge in [0.1, 0.15) is 19.8 Å². The Morgan fingerprint density at radius 3 is 0.778 bits per heavy atom. The third-order valence-corrected chi connectivity index (χ3v) is 8.23. The summed E-state index contributed by atoms with van der Waals surface area (Å²) in [7, 11) is 0. The first-order valence-corrected chi connectivity index (χ1v) is 15.6. The summed E-state index contributed by atoms with van der Waals surface area (Å²) in [5.41, 5.74) is 9.17. The molecule has 228 valence electrons. The van der Waals surface area contributed by atoms with Crippen LogP contribution in [0.5, 0.6) is 0 Å². The van der Waals surface area contributed by atoms with Gasteiger partial charge < -0.3 is 14.2 Å². The van der Waals surface area contributed by atoms with Gasteiger partial charge in [-0.3, -0.25) is 0 Å². The Labute approximate surface area is 265 Å². The fourth-order valence-corrected chi connectivity index (χ4v) is 5.74. The summed E-state index contributed by atoms with van der Waals surface area (Å²) in [5, 5.41) is 0. The van der Waals surface area contributed by atoms with E-state index < -0.39 is 0 Å². The molecule has 6 nitrogen and oxygen atoms in total. The minimum Gasteiger partial charge on any atom is -0.475 e. The van der Waals surface area contributed by atoms with Gasteiger partial charge in [-0.1, -0.05) is 36.4 Å². The van der Waals surface area contributed by atoms with E-state index in [1.807, 2.05) is 0 Å². The van der Waals surface area contributed by atoms with Crippen LogP contribution in [0, 0.1) is 0 Å². The van der Waals surface area contributed by atoms with Crippen molar-refractivity contribution in [3.63, 3.8) is 0 Å². The molecule has 3 heterocycles. The van der Waals surface area contributed by atoms with Crippen molar-refractivity contribution in [1.82, 2.24) is 0 Å². The van der Waals surface area contributed by atoms with Gasteiger partial charge in [-0.15, -0.1) is 0 Å². The van der Waals surface area contributed by atoms with Gasteiger partial charge in [0, 0.05) is 16.7 Å². The van der Waals surface area contributed by atoms with Crippen LogP contribution >= 0.6 is 0 Å². The van der Waals surface area contributed by atoms with E-state index in [2.05, 4.69) is 133 Å². The maximum absolute atomic E-state index is 5.88. The van der Waals surface area contributed by atoms with Crippen LogP contribution in [0.25, 0.3) is 33.4 Å². The molecule has 6 heteroatoms. The first-order chi connectivity index (χ1) is 21.4. The second-order valence-corrected chi connectivity index (χ2v) is 14.1. The molecule has 0 unspecified atom stereocenters. The van der Waals surface area contributed by atoms with Crippen molar-refractivity contribution in [3.8, 4) is 33.4 Å². The molecule has 0 N–H and O–H groups in total. The van der Waals surface area contributed by atoms with E-state index in [4.69, 9.17) is 29.2 Å². The van der Waals surface area contributed by atoms with Crippen molar-refractivity contribution in [1.29, 1.82) is 0 Å². The van der Waals surface area contributed by atoms with E-state index in [0.29, 0.717) is 37.5 Å². The molecule has 4 aromatic rings. The highest BCUT2D eigenvalue weighted by Gasteiger charge is 2.29. The third kappa shape index (κ3) is 6.15. The highest BCUT2D eigenvalue weighted by Crippen LogP contribution is 2.34. The Morgan fingerprint density at radius 2 is 0.578 bits per heavy atom. The summed E-state index contributed by atoms with van der Waals surface area (Å²) in [4.78, 5) is 14.2. The fourth-order valence-electron chi connectivity index (χ4n) is 5.74. The van der Waals surface area contributed by atoms with Gasteiger partial charge in [0.25, 0.3) is 0 Å². The molecule has 0 fully saturated rings. The Morgan fingerprint density at radius 1 is 0.356 bits per heavy atom. The van der Waals surface area contributed by atoms with Crippen molar-refractivity contribution >= 4 is 17.7 Å². The molecule has 0 aromatic heterocycles. The van der Waals surface area contributed by atoms with Gasteiger partial charge in [0.15, 0.2) is 0 Å². The molecule has 3 aliphatic rings. The molecule has 3 aliphatic heterocycles. The van der Waals surface area contributed by atoms with Gasteiger partial charge in [0.05, 0.1) is 16.6 Å². The Balaban J connectivity index is 1.25. The summed E-state index contributed by atoms with van der Waals surface area (Å²) in [6.07, 6.45) is 0. The zero-order chi connectivity index (χ0) is 31.4. The van der Waals surface area contributed by atoms with Gasteiger partial charge in [-0.25, -0.2) is 15.0 Å². The van der Waals surface area contributed by atoms with Crippen LogP contribution in [-0.2, 0) is 14.2 Å². The van der Waals surface area contributed by atoms with E-state index in [1.165, 1.54) is 0 Å². The number of hydrogen-bond acceptors (Lipinski definition) is 6. The molecule has 0 saturated carbocycles. The maximum atomic E-state index is 5.88. The van der Waals surface area contributed by atoms with Crippen molar-refractivity contribution in [2.45, 2.75) is 58.2 Å². The minimum atomic E-state index is -0.193. The maximum Gasteiger partial charge on any atom is 0.216 e. The number of hydrogen-bond donors (Lipinski definition) is 0. The smallest absolute Gasteiger partial charge is 0.216 e. The third-order valence-electron chi connectivity index (χ3n) is 8.23. The first kappa shape index (κ1) is 29.0. The van der Waals surface area contributed by atoms with Crippen LogP contribution in [0.4, 0.5) is 0 Å². The van der Waals surface area contributed by atoms with Crippen molar-refractivity contribution in [2.75, 3.05) is 19.8 Å². The predicted octanol–water partition coefficient (Wildman–Crippen LogP) is 8.35. The van der Waals surface area contributed by atoms with Gasteiger partial charge in [-0.05, 0) is 130 Å². The summed E-state index contributed by atoms with van der Waals surface area (Å²) in [6, 6.07) is 32.2. The van der Waals surface area contributed by atoms with E-state index in [1.54, 1.807) is 0 Å². The fraction of sp³-hybridized carbons (Fsp3) is 0.308. The Kier molecular flexibility index (Phi) is 6.92. The average Bonchev–Trinajstić information content (AvgIpc) is 3.71. The second-order valence-electron chi connectivity index (χ2n) is 14.1. The number of rotatable bonds is 6. The van der Waals surface area contributed by atoms with Crippen LogP contribution in [0.15, 0.2) is 106 Å². The molecule has 0 spiro atoms. The summed E-state index contributed by atoms with van der Waals surface area (Å²) < 4.78 is 17.7. The number of nitrogens with zero attached hydrogens (tertiary/aromatic N) is 3. The molecule has 0 bridgehead atoms. The lowest BCUT2D eigenvalue weighted by Gasteiger charge is -2.13. The van der Waals surface area contributed by atoms with Crippen LogP contribution in [0.1, 0.15) is 58.2 Å². The SMILES string of the molecule is CC1(C)COC(c2ccc(-c3cc(-c4ccc(C5=NC(C)(C)CO5)cc4)cc(-c4ccc(C5=NC(C)(C)CO5)cc4)c3)cc2)=N1. The van der Waals surface area contributed by atoms with E-state index in [9.17, 15) is 0 Å². The average molecular weight is 598 g/mol. The predicted molar refractivity (Wildman–Crippen MR) is 182 cm³/mol. The highest BCUT2D eigenvalue weighted by molar-refractivity contribution is 5.98. The topological polar surface area (TPSA) is 64.8 Å². The number of benzene rings is 4. The molecular weight excluding hydrogens is 558 g/mol. The molecule has 0 atom stereocenters. The molecular formula is C39H39N3O3. The standard InChI is InChI=1S/C39H39N3O3/c1-37(2)22-43-34(40-37)28-13-7-25(8-14-28)31-19-32(26-9-15-29(16-10-26)35-41-38(3,4)23-44-35)21-33(20-31)27-11-17-30(18-12-27)36-42-39(5,6)24-45-36/h7-21H,22-24H2,1-6H3. The Hall–Kier alpha value is -4.71. The van der Waals surface area contributed by atoms with Crippen LogP contribution in [-0.4, -0.2) is 54.1 Å². The van der Waals surface area contributed by atoms with E-state index in [-0.39, 0.29) is 16.6 Å². The number of ether oxygens (including phenoxy) is 3. The molecule has 0 radical (unpaired) electrons. The molecule has 0 aliphatic carbocycles. The Bertz CT molecular complexity index is 1620. The van der Waals surface area contributed by atoms with Gasteiger partial charge >= 0.3 is 0 Å². The van der Waals surface area contributed by atoms with E-state index >= 15 is 0 Å². The molecule has 4 aromatic carbocycles. The molecule has 45 heavy (non-hydrogen) atoms. The van der Waals surface area contributed by atoms with Crippen molar-refractivity contribution in [2.24, 2.45) is 15.0 Å². The lowest BCUT2D eigenvalue weighted by Crippen LogP contribution is -2.17. The second kappa shape index (κ2) is 10.7. The summed E-state index contributed by atoms with van der Waals surface area (Å²) in [5.74, 6) is 2.12. The number of aliphatic imine (C=N–C) groups is 3. The molecule has 0 amide bonds. The van der Waals surface area contributed by atoms with E-state index in [0.717, 1.165) is 50.1 Å². The van der Waals surface area contributed by atoms with Crippen LogP contribution < -0.4 is 0 Å². The largest absolute Gasteiger partial charge is 0.475 e. The normalized spacial score (nSPS) is 19.2. The highest BCUT2D eigenvalue weighted by atomic mass is 16.5. The monoisotopic (exact) mass is 597 g/mol. The first-order valence-electron chi connectivity index (χ1n) is 15.6. The molecule has 0 saturated heterocycles.